The zero-order valence-electron chi connectivity index (χ0n) is 12.4. The number of aliphatic hydroxyl groups excluding tert-OH is 1. The summed E-state index contributed by atoms with van der Waals surface area (Å²) in [6.45, 7) is 4.55. The van der Waals surface area contributed by atoms with E-state index in [1.807, 2.05) is 13.8 Å². The largest absolute Gasteiger partial charge is 0.467 e. The first kappa shape index (κ1) is 15.6. The van der Waals surface area contributed by atoms with Crippen LogP contribution in [0, 0.1) is 11.8 Å². The van der Waals surface area contributed by atoms with Crippen molar-refractivity contribution in [1.29, 1.82) is 0 Å². The summed E-state index contributed by atoms with van der Waals surface area (Å²) in [6, 6.07) is 3.31. The van der Waals surface area contributed by atoms with Crippen LogP contribution in [0.1, 0.15) is 26.0 Å². The Balaban J connectivity index is 1.90. The van der Waals surface area contributed by atoms with Gasteiger partial charge in [0.2, 0.25) is 11.8 Å². The van der Waals surface area contributed by atoms with Crippen molar-refractivity contribution in [2.75, 3.05) is 13.2 Å². The minimum atomic E-state index is -0.361. The molecule has 116 valence electrons. The highest BCUT2D eigenvalue weighted by molar-refractivity contribution is 5.89. The number of nitrogens with one attached hydrogen (secondary N) is 1. The van der Waals surface area contributed by atoms with E-state index in [1.165, 1.54) is 0 Å². The van der Waals surface area contributed by atoms with E-state index in [9.17, 15) is 14.7 Å². The average Bonchev–Trinajstić information content (AvgIpc) is 3.06. The van der Waals surface area contributed by atoms with E-state index >= 15 is 0 Å². The summed E-state index contributed by atoms with van der Waals surface area (Å²) >= 11 is 0. The number of rotatable bonds is 6. The number of hydrogen-bond donors (Lipinski definition) is 2. The first-order chi connectivity index (χ1) is 10.0. The molecule has 0 unspecified atom stereocenters. The molecular weight excluding hydrogens is 272 g/mol. The summed E-state index contributed by atoms with van der Waals surface area (Å²) in [5, 5.41) is 12.1. The zero-order chi connectivity index (χ0) is 15.4. The lowest BCUT2D eigenvalue weighted by Crippen LogP contribution is -2.44. The Labute approximate surface area is 124 Å². The molecule has 0 saturated carbocycles. The van der Waals surface area contributed by atoms with E-state index in [2.05, 4.69) is 5.32 Å². The monoisotopic (exact) mass is 294 g/mol. The summed E-state index contributed by atoms with van der Waals surface area (Å²) in [5.74, 6) is 0.282. The molecule has 6 nitrogen and oxygen atoms in total. The topological polar surface area (TPSA) is 82.8 Å². The Kier molecular flexibility index (Phi) is 5.01. The molecule has 2 amide bonds. The molecule has 0 bridgehead atoms. The van der Waals surface area contributed by atoms with E-state index in [-0.39, 0.29) is 42.7 Å². The van der Waals surface area contributed by atoms with Gasteiger partial charge < -0.3 is 19.7 Å². The number of carbonyl (C=O) groups is 2. The second-order valence-corrected chi connectivity index (χ2v) is 5.80. The van der Waals surface area contributed by atoms with Crippen LogP contribution in [-0.2, 0) is 16.1 Å². The average molecular weight is 294 g/mol. The molecule has 6 heteroatoms. The molecule has 1 aliphatic heterocycles. The van der Waals surface area contributed by atoms with Gasteiger partial charge in [-0.15, -0.1) is 0 Å². The molecule has 0 radical (unpaired) electrons. The summed E-state index contributed by atoms with van der Waals surface area (Å²) in [6.07, 6.45) is 1.78. The maximum atomic E-state index is 12.2. The van der Waals surface area contributed by atoms with Gasteiger partial charge in [-0.2, -0.15) is 0 Å². The lowest BCUT2D eigenvalue weighted by molar-refractivity contribution is -0.129. The summed E-state index contributed by atoms with van der Waals surface area (Å²) < 4.78 is 5.23. The minimum Gasteiger partial charge on any atom is -0.467 e. The Morgan fingerprint density at radius 3 is 2.90 bits per heavy atom. The third-order valence-corrected chi connectivity index (χ3v) is 3.84. The Hall–Kier alpha value is -1.82. The summed E-state index contributed by atoms with van der Waals surface area (Å²) in [5.41, 5.74) is 0. The molecule has 0 aromatic carbocycles. The summed E-state index contributed by atoms with van der Waals surface area (Å²) in [4.78, 5) is 25.8. The first-order valence-corrected chi connectivity index (χ1v) is 7.22. The van der Waals surface area contributed by atoms with Crippen molar-refractivity contribution in [1.82, 2.24) is 10.2 Å². The highest BCUT2D eigenvalue weighted by Gasteiger charge is 2.35. The van der Waals surface area contributed by atoms with E-state index in [4.69, 9.17) is 4.42 Å². The number of nitrogens with zero attached hydrogens (tertiary/aromatic N) is 1. The lowest BCUT2D eigenvalue weighted by atomic mass is 10.0. The molecule has 0 spiro atoms. The summed E-state index contributed by atoms with van der Waals surface area (Å²) in [7, 11) is 0. The van der Waals surface area contributed by atoms with Crippen LogP contribution >= 0.6 is 0 Å². The van der Waals surface area contributed by atoms with E-state index in [0.717, 1.165) is 0 Å². The molecule has 21 heavy (non-hydrogen) atoms. The SMILES string of the molecule is CC(C)[C@@H](CO)NC(=O)[C@@H]1CC(=O)N(Cc2ccco2)C1. The van der Waals surface area contributed by atoms with Crippen LogP contribution in [0.15, 0.2) is 22.8 Å². The van der Waals surface area contributed by atoms with Gasteiger partial charge in [0.25, 0.3) is 0 Å². The van der Waals surface area contributed by atoms with Crippen LogP contribution < -0.4 is 5.32 Å². The second-order valence-electron chi connectivity index (χ2n) is 5.80. The van der Waals surface area contributed by atoms with Crippen LogP contribution in [0.3, 0.4) is 0 Å². The van der Waals surface area contributed by atoms with Crippen molar-refractivity contribution < 1.29 is 19.1 Å². The number of carbonyl (C=O) groups excluding carboxylic acids is 2. The Morgan fingerprint density at radius 2 is 2.33 bits per heavy atom. The van der Waals surface area contributed by atoms with Gasteiger partial charge >= 0.3 is 0 Å². The van der Waals surface area contributed by atoms with Crippen molar-refractivity contribution in [3.05, 3.63) is 24.2 Å². The van der Waals surface area contributed by atoms with Crippen LogP contribution in [0.25, 0.3) is 0 Å². The third-order valence-electron chi connectivity index (χ3n) is 3.84. The fraction of sp³-hybridized carbons (Fsp3) is 0.600. The highest BCUT2D eigenvalue weighted by atomic mass is 16.3. The highest BCUT2D eigenvalue weighted by Crippen LogP contribution is 2.21. The zero-order valence-corrected chi connectivity index (χ0v) is 12.4. The van der Waals surface area contributed by atoms with Crippen LogP contribution in [0.4, 0.5) is 0 Å². The molecule has 1 aliphatic rings. The first-order valence-electron chi connectivity index (χ1n) is 7.22. The van der Waals surface area contributed by atoms with Crippen molar-refractivity contribution in [3.63, 3.8) is 0 Å². The molecule has 2 N–H and O–H groups in total. The van der Waals surface area contributed by atoms with E-state index in [0.29, 0.717) is 18.8 Å². The Morgan fingerprint density at radius 1 is 1.57 bits per heavy atom. The van der Waals surface area contributed by atoms with Crippen molar-refractivity contribution in [2.45, 2.75) is 32.9 Å². The second kappa shape index (κ2) is 6.76. The predicted molar refractivity (Wildman–Crippen MR) is 76.1 cm³/mol. The normalized spacial score (nSPS) is 20.1. The van der Waals surface area contributed by atoms with Crippen molar-refractivity contribution >= 4 is 11.8 Å². The van der Waals surface area contributed by atoms with Gasteiger partial charge in [-0.3, -0.25) is 9.59 Å². The third kappa shape index (κ3) is 3.85. The maximum absolute atomic E-state index is 12.2. The van der Waals surface area contributed by atoms with Crippen molar-refractivity contribution in [3.8, 4) is 0 Å². The number of furan rings is 1. The van der Waals surface area contributed by atoms with Crippen LogP contribution in [0.2, 0.25) is 0 Å². The fourth-order valence-corrected chi connectivity index (χ4v) is 2.41. The van der Waals surface area contributed by atoms with Crippen molar-refractivity contribution in [2.24, 2.45) is 11.8 Å². The smallest absolute Gasteiger partial charge is 0.225 e. The minimum absolute atomic E-state index is 0.0448. The quantitative estimate of drug-likeness (QED) is 0.811. The predicted octanol–water partition coefficient (Wildman–Crippen LogP) is 0.761. The van der Waals surface area contributed by atoms with Gasteiger partial charge in [0, 0.05) is 13.0 Å². The number of amides is 2. The van der Waals surface area contributed by atoms with E-state index in [1.54, 1.807) is 23.3 Å². The number of likely N-dealkylation sites (tertiary alicyclic amines) is 1. The number of hydrogen-bond acceptors (Lipinski definition) is 4. The molecule has 1 aromatic heterocycles. The van der Waals surface area contributed by atoms with Gasteiger partial charge in [0.15, 0.2) is 0 Å². The van der Waals surface area contributed by atoms with Crippen LogP contribution in [-0.4, -0.2) is 41.0 Å². The van der Waals surface area contributed by atoms with Crippen LogP contribution in [0.5, 0.6) is 0 Å². The molecule has 0 aliphatic carbocycles. The van der Waals surface area contributed by atoms with E-state index < -0.39 is 0 Å². The number of aliphatic hydroxyl groups is 1. The molecular formula is C15H22N2O4. The molecule has 2 atom stereocenters. The standard InChI is InChI=1S/C15H22N2O4/c1-10(2)13(9-18)16-15(20)11-6-14(19)17(7-11)8-12-4-3-5-21-12/h3-5,10-11,13,18H,6-9H2,1-2H3,(H,16,20)/t11-,13-/m1/s1. The van der Waals surface area contributed by atoms with Gasteiger partial charge in [-0.25, -0.2) is 0 Å². The Bertz CT molecular complexity index is 484. The van der Waals surface area contributed by atoms with Gasteiger partial charge in [0.05, 0.1) is 31.4 Å². The molecule has 1 saturated heterocycles. The molecule has 1 aromatic rings. The molecule has 2 heterocycles. The lowest BCUT2D eigenvalue weighted by Gasteiger charge is -2.22. The van der Waals surface area contributed by atoms with Gasteiger partial charge in [-0.1, -0.05) is 13.8 Å². The maximum Gasteiger partial charge on any atom is 0.225 e. The van der Waals surface area contributed by atoms with Gasteiger partial charge in [0.1, 0.15) is 5.76 Å². The van der Waals surface area contributed by atoms with Gasteiger partial charge in [-0.05, 0) is 18.1 Å². The molecule has 1 fully saturated rings. The fourth-order valence-electron chi connectivity index (χ4n) is 2.41. The molecule has 2 rings (SSSR count).